The summed E-state index contributed by atoms with van der Waals surface area (Å²) < 4.78 is 33.8. The molecule has 2 aliphatic heterocycles. The van der Waals surface area contributed by atoms with Crippen LogP contribution < -0.4 is 5.32 Å². The number of amides is 1. The zero-order valence-corrected chi connectivity index (χ0v) is 14.2. The Morgan fingerprint density at radius 1 is 1.15 bits per heavy atom. The van der Waals surface area contributed by atoms with E-state index in [4.69, 9.17) is 9.90 Å². The first-order chi connectivity index (χ1) is 12.1. The largest absolute Gasteiger partial charge is 0.490 e. The molecule has 0 aromatic carbocycles. The number of nitrogens with zero attached hydrogens (tertiary/aromatic N) is 4. The van der Waals surface area contributed by atoms with Crippen molar-refractivity contribution in [3.05, 3.63) is 11.6 Å². The van der Waals surface area contributed by atoms with E-state index in [1.54, 1.807) is 0 Å². The van der Waals surface area contributed by atoms with Crippen LogP contribution in [0.2, 0.25) is 0 Å². The molecule has 3 aliphatic rings. The summed E-state index contributed by atoms with van der Waals surface area (Å²) in [6.07, 6.45) is -1.93. The molecule has 4 rings (SSSR count). The molecular formula is C15H20F3N5O3. The molecule has 1 aliphatic carbocycles. The van der Waals surface area contributed by atoms with Gasteiger partial charge >= 0.3 is 12.1 Å². The minimum atomic E-state index is -5.08. The van der Waals surface area contributed by atoms with Gasteiger partial charge in [0.2, 0.25) is 5.82 Å². The van der Waals surface area contributed by atoms with Gasteiger partial charge in [0, 0.05) is 32.1 Å². The molecule has 144 valence electrons. The molecule has 3 heterocycles. The number of carboxylic acid groups (broad SMARTS) is 1. The Balaban J connectivity index is 0.000000242. The summed E-state index contributed by atoms with van der Waals surface area (Å²) in [4.78, 5) is 23.4. The number of carbonyl (C=O) groups excluding carboxylic acids is 1. The maximum atomic E-state index is 12.1. The Morgan fingerprint density at radius 2 is 1.77 bits per heavy atom. The van der Waals surface area contributed by atoms with Gasteiger partial charge in [0.15, 0.2) is 0 Å². The van der Waals surface area contributed by atoms with Crippen molar-refractivity contribution in [2.45, 2.75) is 38.0 Å². The molecule has 1 aromatic heterocycles. The number of nitrogens with one attached hydrogen (secondary N) is 1. The molecule has 0 spiro atoms. The highest BCUT2D eigenvalue weighted by Gasteiger charge is 2.39. The number of aliphatic carboxylic acids is 1. The van der Waals surface area contributed by atoms with Crippen molar-refractivity contribution in [2.24, 2.45) is 11.8 Å². The van der Waals surface area contributed by atoms with E-state index >= 15 is 0 Å². The van der Waals surface area contributed by atoms with E-state index in [2.05, 4.69) is 27.5 Å². The fourth-order valence-corrected chi connectivity index (χ4v) is 3.40. The van der Waals surface area contributed by atoms with Gasteiger partial charge in [-0.3, -0.25) is 4.79 Å². The molecular weight excluding hydrogens is 355 g/mol. The molecule has 0 bridgehead atoms. The summed E-state index contributed by atoms with van der Waals surface area (Å²) >= 11 is 0. The van der Waals surface area contributed by atoms with Gasteiger partial charge in [0.05, 0.1) is 0 Å². The van der Waals surface area contributed by atoms with E-state index in [0.29, 0.717) is 23.7 Å². The van der Waals surface area contributed by atoms with Crippen molar-refractivity contribution in [3.63, 3.8) is 0 Å². The Hall–Kier alpha value is -2.17. The maximum Gasteiger partial charge on any atom is 0.490 e. The summed E-state index contributed by atoms with van der Waals surface area (Å²) in [6.45, 7) is 3.15. The number of rotatable bonds is 2. The van der Waals surface area contributed by atoms with Crippen LogP contribution in [0.3, 0.4) is 0 Å². The Kier molecular flexibility index (Phi) is 4.91. The number of fused-ring (bicyclic) bond motifs is 2. The lowest BCUT2D eigenvalue weighted by atomic mass is 9.89. The number of hydrogen-bond donors (Lipinski definition) is 2. The van der Waals surface area contributed by atoms with E-state index in [0.717, 1.165) is 44.7 Å². The average molecular weight is 375 g/mol. The highest BCUT2D eigenvalue weighted by molar-refractivity contribution is 5.91. The van der Waals surface area contributed by atoms with Crippen LogP contribution in [0.4, 0.5) is 13.2 Å². The van der Waals surface area contributed by atoms with Crippen molar-refractivity contribution in [1.82, 2.24) is 25.0 Å². The lowest BCUT2D eigenvalue weighted by Gasteiger charge is -2.25. The maximum absolute atomic E-state index is 12.1. The van der Waals surface area contributed by atoms with Crippen LogP contribution in [-0.2, 0) is 17.8 Å². The van der Waals surface area contributed by atoms with E-state index in [9.17, 15) is 18.0 Å². The number of carbonyl (C=O) groups is 2. The lowest BCUT2D eigenvalue weighted by molar-refractivity contribution is -0.192. The fourth-order valence-electron chi connectivity index (χ4n) is 3.40. The van der Waals surface area contributed by atoms with E-state index in [-0.39, 0.29) is 5.91 Å². The molecule has 1 saturated heterocycles. The molecule has 2 N–H and O–H groups in total. The van der Waals surface area contributed by atoms with Crippen molar-refractivity contribution in [1.29, 1.82) is 0 Å². The predicted octanol–water partition coefficient (Wildman–Crippen LogP) is 0.537. The van der Waals surface area contributed by atoms with Gasteiger partial charge in [-0.05, 0) is 31.7 Å². The smallest absolute Gasteiger partial charge is 0.475 e. The molecule has 26 heavy (non-hydrogen) atoms. The highest BCUT2D eigenvalue weighted by atomic mass is 19.4. The Labute approximate surface area is 147 Å². The van der Waals surface area contributed by atoms with Crippen LogP contribution in [0, 0.1) is 11.8 Å². The zero-order valence-electron chi connectivity index (χ0n) is 14.2. The monoisotopic (exact) mass is 375 g/mol. The third-order valence-corrected chi connectivity index (χ3v) is 4.81. The average Bonchev–Trinajstić information content (AvgIpc) is 3.13. The van der Waals surface area contributed by atoms with Crippen molar-refractivity contribution >= 4 is 11.9 Å². The topological polar surface area (TPSA) is 100 Å². The zero-order chi connectivity index (χ0) is 19.1. The molecule has 1 saturated carbocycles. The van der Waals surface area contributed by atoms with Gasteiger partial charge in [-0.2, -0.15) is 13.2 Å². The van der Waals surface area contributed by atoms with Crippen LogP contribution in [-0.4, -0.2) is 69.0 Å². The molecule has 2 atom stereocenters. The highest BCUT2D eigenvalue weighted by Crippen LogP contribution is 2.31. The van der Waals surface area contributed by atoms with E-state index in [1.165, 1.54) is 0 Å². The Bertz CT molecular complexity index is 701. The number of halogens is 3. The van der Waals surface area contributed by atoms with Gasteiger partial charge in [-0.15, -0.1) is 10.2 Å². The second kappa shape index (κ2) is 6.86. The second-order valence-electron chi connectivity index (χ2n) is 7.05. The summed E-state index contributed by atoms with van der Waals surface area (Å²) in [7, 11) is 2.17. The molecule has 1 aromatic rings. The first-order valence-corrected chi connectivity index (χ1v) is 8.36. The van der Waals surface area contributed by atoms with Crippen molar-refractivity contribution in [3.8, 4) is 0 Å². The van der Waals surface area contributed by atoms with Crippen LogP contribution in [0.25, 0.3) is 0 Å². The van der Waals surface area contributed by atoms with Gasteiger partial charge < -0.3 is 19.9 Å². The third kappa shape index (κ3) is 4.14. The normalized spacial score (nSPS) is 24.9. The number of aromatic nitrogens is 3. The molecule has 0 radical (unpaired) electrons. The van der Waals surface area contributed by atoms with Gasteiger partial charge in [0.1, 0.15) is 5.82 Å². The molecule has 2 unspecified atom stereocenters. The predicted molar refractivity (Wildman–Crippen MR) is 82.4 cm³/mol. The van der Waals surface area contributed by atoms with Crippen LogP contribution in [0.5, 0.6) is 0 Å². The summed E-state index contributed by atoms with van der Waals surface area (Å²) in [5.74, 6) is 0.00738. The standard InChI is InChI=1S/C13H19N5O.C2HF3O2/c1-17-5-8-4-11-15-16-12(13(19)14-10-2-3-10)18(11)7-9(8)6-17;3-2(4,5)1(6)7/h8-10H,2-7H2,1H3,(H,14,19);(H,6,7). The lowest BCUT2D eigenvalue weighted by Crippen LogP contribution is -2.33. The van der Waals surface area contributed by atoms with Crippen LogP contribution in [0.1, 0.15) is 29.3 Å². The summed E-state index contributed by atoms with van der Waals surface area (Å²) in [6, 6.07) is 0.370. The van der Waals surface area contributed by atoms with Crippen LogP contribution in [0.15, 0.2) is 0 Å². The van der Waals surface area contributed by atoms with Gasteiger partial charge in [-0.25, -0.2) is 4.79 Å². The molecule has 11 heteroatoms. The molecule has 1 amide bonds. The second-order valence-corrected chi connectivity index (χ2v) is 7.05. The van der Waals surface area contributed by atoms with Crippen LogP contribution >= 0.6 is 0 Å². The summed E-state index contributed by atoms with van der Waals surface area (Å²) in [5, 5.41) is 18.5. The number of alkyl halides is 3. The minimum Gasteiger partial charge on any atom is -0.475 e. The van der Waals surface area contributed by atoms with Crippen molar-refractivity contribution in [2.75, 3.05) is 20.1 Å². The fraction of sp³-hybridized carbons (Fsp3) is 0.733. The SMILES string of the molecule is CN1CC2Cc3nnc(C(=O)NC4CC4)n3CC2C1.O=C(O)C(F)(F)F. The number of carboxylic acids is 1. The van der Waals surface area contributed by atoms with E-state index in [1.807, 2.05) is 4.57 Å². The number of hydrogen-bond acceptors (Lipinski definition) is 5. The first-order valence-electron chi connectivity index (χ1n) is 8.36. The minimum absolute atomic E-state index is 0.0500. The van der Waals surface area contributed by atoms with E-state index < -0.39 is 12.1 Å². The van der Waals surface area contributed by atoms with Gasteiger partial charge in [0.25, 0.3) is 5.91 Å². The third-order valence-electron chi connectivity index (χ3n) is 4.81. The Morgan fingerprint density at radius 3 is 2.35 bits per heavy atom. The van der Waals surface area contributed by atoms with Gasteiger partial charge in [-0.1, -0.05) is 0 Å². The van der Waals surface area contributed by atoms with Crippen molar-refractivity contribution < 1.29 is 27.9 Å². The number of likely N-dealkylation sites (tertiary alicyclic amines) is 1. The molecule has 8 nitrogen and oxygen atoms in total. The molecule has 2 fully saturated rings. The summed E-state index contributed by atoms with van der Waals surface area (Å²) in [5.41, 5.74) is 0. The quantitative estimate of drug-likeness (QED) is 0.783. The first kappa shape index (κ1) is 18.6.